The van der Waals surface area contributed by atoms with Gasteiger partial charge in [-0.2, -0.15) is 0 Å². The molecule has 0 heterocycles. The van der Waals surface area contributed by atoms with Crippen LogP contribution in [-0.4, -0.2) is 22.5 Å². The smallest absolute Gasteiger partial charge is 0.318 e. The van der Waals surface area contributed by atoms with E-state index in [1.54, 1.807) is 0 Å². The third kappa shape index (κ3) is 4.30. The van der Waals surface area contributed by atoms with Crippen molar-refractivity contribution in [3.05, 3.63) is 0 Å². The monoisotopic (exact) mass is 134 g/mol. The molecule has 50 valence electrons. The van der Waals surface area contributed by atoms with E-state index in [1.165, 1.54) is 0 Å². The standard InChI is InChI=1S/C5H14O2Si/c1-4-6-8(3)7-5-2/h8H,4-5H2,1-3H3. The molecule has 0 radical (unpaired) electrons. The minimum atomic E-state index is -1.20. The lowest BCUT2D eigenvalue weighted by Gasteiger charge is -2.07. The predicted octanol–water partition coefficient (Wildman–Crippen LogP) is 0.910. The highest BCUT2D eigenvalue weighted by atomic mass is 28.3. The first-order chi connectivity index (χ1) is 3.81. The molecule has 0 spiro atoms. The molecule has 2 nitrogen and oxygen atoms in total. The van der Waals surface area contributed by atoms with Crippen LogP contribution in [0, 0.1) is 0 Å². The topological polar surface area (TPSA) is 18.5 Å². The zero-order valence-corrected chi connectivity index (χ0v) is 6.96. The van der Waals surface area contributed by atoms with Crippen molar-refractivity contribution >= 4 is 9.28 Å². The van der Waals surface area contributed by atoms with Gasteiger partial charge in [-0.1, -0.05) is 0 Å². The minimum Gasteiger partial charge on any atom is -0.397 e. The Morgan fingerprint density at radius 2 is 1.50 bits per heavy atom. The summed E-state index contributed by atoms with van der Waals surface area (Å²) in [5.74, 6) is 0. The van der Waals surface area contributed by atoms with Gasteiger partial charge in [-0.25, -0.2) is 0 Å². The minimum absolute atomic E-state index is 0.785. The van der Waals surface area contributed by atoms with Gasteiger partial charge in [-0.05, 0) is 20.4 Å². The molecule has 0 aliphatic rings. The van der Waals surface area contributed by atoms with Crippen molar-refractivity contribution in [2.45, 2.75) is 20.4 Å². The Morgan fingerprint density at radius 1 is 1.12 bits per heavy atom. The first-order valence-electron chi connectivity index (χ1n) is 3.04. The first-order valence-corrected chi connectivity index (χ1v) is 5.14. The number of rotatable bonds is 4. The van der Waals surface area contributed by atoms with E-state index in [2.05, 4.69) is 0 Å². The molecule has 0 rings (SSSR count). The van der Waals surface area contributed by atoms with E-state index >= 15 is 0 Å². The Morgan fingerprint density at radius 3 is 1.75 bits per heavy atom. The Bertz CT molecular complexity index is 43.7. The van der Waals surface area contributed by atoms with Crippen molar-refractivity contribution in [1.82, 2.24) is 0 Å². The van der Waals surface area contributed by atoms with Crippen LogP contribution in [0.5, 0.6) is 0 Å². The van der Waals surface area contributed by atoms with Gasteiger partial charge in [0.2, 0.25) is 0 Å². The van der Waals surface area contributed by atoms with Crippen LogP contribution >= 0.6 is 0 Å². The van der Waals surface area contributed by atoms with Crippen molar-refractivity contribution < 1.29 is 8.85 Å². The molecule has 0 aromatic carbocycles. The maximum absolute atomic E-state index is 5.20. The van der Waals surface area contributed by atoms with E-state index in [-0.39, 0.29) is 0 Å². The van der Waals surface area contributed by atoms with Crippen molar-refractivity contribution in [3.63, 3.8) is 0 Å². The Balaban J connectivity index is 2.92. The van der Waals surface area contributed by atoms with E-state index in [9.17, 15) is 0 Å². The van der Waals surface area contributed by atoms with Gasteiger partial charge in [0.1, 0.15) is 0 Å². The number of hydrogen-bond acceptors (Lipinski definition) is 2. The molecular formula is C5H14O2Si. The third-order valence-corrected chi connectivity index (χ3v) is 2.41. The van der Waals surface area contributed by atoms with Crippen molar-refractivity contribution in [2.24, 2.45) is 0 Å². The quantitative estimate of drug-likeness (QED) is 0.532. The molecule has 0 saturated carbocycles. The molecule has 0 bridgehead atoms. The van der Waals surface area contributed by atoms with Gasteiger partial charge in [0, 0.05) is 13.2 Å². The highest BCUT2D eigenvalue weighted by Crippen LogP contribution is 1.85. The van der Waals surface area contributed by atoms with Gasteiger partial charge in [0.25, 0.3) is 0 Å². The summed E-state index contributed by atoms with van der Waals surface area (Å²) in [4.78, 5) is 0. The highest BCUT2D eigenvalue weighted by molar-refractivity contribution is 6.42. The second kappa shape index (κ2) is 5.28. The molecule has 0 N–H and O–H groups in total. The zero-order valence-electron chi connectivity index (χ0n) is 5.81. The Hall–Kier alpha value is 0.137. The van der Waals surface area contributed by atoms with Crippen LogP contribution in [0.4, 0.5) is 0 Å². The molecule has 8 heavy (non-hydrogen) atoms. The molecule has 0 saturated heterocycles. The van der Waals surface area contributed by atoms with Crippen LogP contribution < -0.4 is 0 Å². The van der Waals surface area contributed by atoms with Crippen LogP contribution in [0.2, 0.25) is 6.55 Å². The lowest BCUT2D eigenvalue weighted by Crippen LogP contribution is -2.17. The summed E-state index contributed by atoms with van der Waals surface area (Å²) in [5, 5.41) is 0. The normalized spacial score (nSPS) is 10.5. The van der Waals surface area contributed by atoms with Crippen molar-refractivity contribution in [1.29, 1.82) is 0 Å². The SMILES string of the molecule is CCO[SiH](C)OCC. The first kappa shape index (κ1) is 8.14. The fourth-order valence-electron chi connectivity index (χ4n) is 0.518. The summed E-state index contributed by atoms with van der Waals surface area (Å²) < 4.78 is 10.4. The zero-order chi connectivity index (χ0) is 6.41. The molecule has 0 aliphatic carbocycles. The lowest BCUT2D eigenvalue weighted by atomic mass is 10.9. The molecule has 0 fully saturated rings. The summed E-state index contributed by atoms with van der Waals surface area (Å²) in [7, 11) is -1.20. The molecule has 0 aromatic rings. The second-order valence-corrected chi connectivity index (χ2v) is 3.28. The van der Waals surface area contributed by atoms with Crippen LogP contribution in [0.1, 0.15) is 13.8 Å². The van der Waals surface area contributed by atoms with Crippen LogP contribution in [0.15, 0.2) is 0 Å². The van der Waals surface area contributed by atoms with Crippen LogP contribution in [0.25, 0.3) is 0 Å². The summed E-state index contributed by atoms with van der Waals surface area (Å²) in [6, 6.07) is 0. The summed E-state index contributed by atoms with van der Waals surface area (Å²) in [5.41, 5.74) is 0. The van der Waals surface area contributed by atoms with Crippen molar-refractivity contribution in [2.75, 3.05) is 13.2 Å². The van der Waals surface area contributed by atoms with E-state index in [0.29, 0.717) is 0 Å². The summed E-state index contributed by atoms with van der Waals surface area (Å²) in [6.45, 7) is 7.58. The van der Waals surface area contributed by atoms with Gasteiger partial charge in [0.05, 0.1) is 0 Å². The molecule has 0 unspecified atom stereocenters. The van der Waals surface area contributed by atoms with Gasteiger partial charge >= 0.3 is 9.28 Å². The lowest BCUT2D eigenvalue weighted by molar-refractivity contribution is 0.219. The predicted molar refractivity (Wildman–Crippen MR) is 36.3 cm³/mol. The Kier molecular flexibility index (Phi) is 5.37. The van der Waals surface area contributed by atoms with Gasteiger partial charge in [-0.15, -0.1) is 0 Å². The number of hydrogen-bond donors (Lipinski definition) is 0. The fraction of sp³-hybridized carbons (Fsp3) is 1.00. The molecule has 0 atom stereocenters. The fourth-order valence-corrected chi connectivity index (χ4v) is 1.55. The van der Waals surface area contributed by atoms with E-state index in [1.807, 2.05) is 20.4 Å². The van der Waals surface area contributed by atoms with Gasteiger partial charge in [0.15, 0.2) is 0 Å². The Labute approximate surface area is 52.7 Å². The average Bonchev–Trinajstić information content (AvgIpc) is 1.68. The van der Waals surface area contributed by atoms with Gasteiger partial charge < -0.3 is 8.85 Å². The maximum atomic E-state index is 5.20. The molecule has 0 aliphatic heterocycles. The third-order valence-electron chi connectivity index (χ3n) is 0.803. The van der Waals surface area contributed by atoms with Crippen LogP contribution in [-0.2, 0) is 8.85 Å². The second-order valence-electron chi connectivity index (χ2n) is 1.48. The van der Waals surface area contributed by atoms with Crippen molar-refractivity contribution in [3.8, 4) is 0 Å². The average molecular weight is 134 g/mol. The van der Waals surface area contributed by atoms with Crippen LogP contribution in [0.3, 0.4) is 0 Å². The van der Waals surface area contributed by atoms with Gasteiger partial charge in [-0.3, -0.25) is 0 Å². The largest absolute Gasteiger partial charge is 0.397 e. The highest BCUT2D eigenvalue weighted by Gasteiger charge is 1.99. The maximum Gasteiger partial charge on any atom is 0.318 e. The molecule has 0 amide bonds. The van der Waals surface area contributed by atoms with E-state index in [0.717, 1.165) is 13.2 Å². The summed E-state index contributed by atoms with van der Waals surface area (Å²) >= 11 is 0. The van der Waals surface area contributed by atoms with E-state index in [4.69, 9.17) is 8.85 Å². The summed E-state index contributed by atoms with van der Waals surface area (Å²) in [6.07, 6.45) is 0. The molecular weight excluding hydrogens is 120 g/mol. The van der Waals surface area contributed by atoms with E-state index < -0.39 is 9.28 Å². The molecule has 0 aromatic heterocycles. The molecule has 3 heteroatoms.